The summed E-state index contributed by atoms with van der Waals surface area (Å²) in [6, 6.07) is 49.9. The minimum Gasteiger partial charge on any atom is -0.491 e. The van der Waals surface area contributed by atoms with Gasteiger partial charge in [-0.2, -0.15) is 10.2 Å². The van der Waals surface area contributed by atoms with Crippen LogP contribution >= 0.6 is 34.8 Å². The zero-order valence-electron chi connectivity index (χ0n) is 46.4. The highest BCUT2D eigenvalue weighted by Gasteiger charge is 2.30. The highest BCUT2D eigenvalue weighted by Crippen LogP contribution is 2.49. The van der Waals surface area contributed by atoms with E-state index in [1.165, 1.54) is 0 Å². The number of carbonyl (C=O) groups is 2. The molecule has 0 unspecified atom stereocenters. The van der Waals surface area contributed by atoms with Crippen molar-refractivity contribution in [1.82, 2.24) is 9.97 Å². The third-order valence-corrected chi connectivity index (χ3v) is 16.2. The number of benzene rings is 10. The Bertz CT molecular complexity index is 4760. The molecule has 2 aromatic heterocycles. The average molecular weight is 1170 g/mol. The summed E-state index contributed by atoms with van der Waals surface area (Å²) >= 11 is 19.8. The van der Waals surface area contributed by atoms with Crippen LogP contribution in [0.1, 0.15) is 65.1 Å². The second kappa shape index (κ2) is 22.2. The number of hydroxylamine groups is 1. The minimum atomic E-state index is -0.327. The molecule has 0 saturated heterocycles. The number of nitrogens with one attached hydrogen (secondary N) is 2. The van der Waals surface area contributed by atoms with E-state index in [2.05, 4.69) is 47.2 Å². The van der Waals surface area contributed by atoms with E-state index >= 15 is 0 Å². The topological polar surface area (TPSA) is 149 Å². The third kappa shape index (κ3) is 9.52. The lowest BCUT2D eigenvalue weighted by Crippen LogP contribution is -2.31. The Labute approximate surface area is 498 Å². The van der Waals surface area contributed by atoms with Crippen LogP contribution < -0.4 is 19.4 Å². The number of azo groups is 2. The molecular formula is C68H53Cl3N8O5. The molecule has 1 aliphatic carbocycles. The quantitative estimate of drug-likeness (QED) is 0.0727. The summed E-state index contributed by atoms with van der Waals surface area (Å²) in [6.07, 6.45) is 0. The van der Waals surface area contributed by atoms with Crippen LogP contribution in [0, 0.1) is 6.92 Å². The number of fused-ring (bicyclic) bond motifs is 13. The molecule has 0 saturated carbocycles. The molecule has 0 radical (unpaired) electrons. The van der Waals surface area contributed by atoms with Crippen molar-refractivity contribution in [2.75, 3.05) is 36.3 Å². The number of H-pyrrole nitrogens is 2. The van der Waals surface area contributed by atoms with Gasteiger partial charge in [0.1, 0.15) is 18.0 Å². The summed E-state index contributed by atoms with van der Waals surface area (Å²) in [7, 11) is 0. The number of aryl methyl sites for hydroxylation is 1. The Morgan fingerprint density at radius 2 is 1.13 bits per heavy atom. The Morgan fingerprint density at radius 3 is 1.70 bits per heavy atom. The van der Waals surface area contributed by atoms with Crippen LogP contribution in [0.5, 0.6) is 11.5 Å². The molecule has 0 spiro atoms. The summed E-state index contributed by atoms with van der Waals surface area (Å²) in [6.45, 7) is 11.5. The van der Waals surface area contributed by atoms with Gasteiger partial charge in [0.05, 0.1) is 57.6 Å². The van der Waals surface area contributed by atoms with E-state index in [4.69, 9.17) is 69.6 Å². The van der Waals surface area contributed by atoms with Crippen LogP contribution in [0.4, 0.5) is 34.1 Å². The molecule has 2 N–H and O–H groups in total. The number of hydrogen-bond acceptors (Lipinski definition) is 10. The highest BCUT2D eigenvalue weighted by atomic mass is 35.5. The lowest BCUT2D eigenvalue weighted by Gasteiger charge is -2.24. The standard InChI is InChI=1S/C68H53Cl3N8O5/c1-6-78(58-16-11-10-15-55(58)71)68(81)54-31-39-18-24-49-51-33-42(70)20-28-57(51)73-62(49)60(39)64(67(54)83-9-4)77-75-44-22-26-47-46-25-21-43(34-52(46)65(80)53(47)35-44)74-76-63-59-38(17-23-48-50-32-41(69)19-27-56(50)72-61(48)59)30-40(66(63)82-8-3)36-84-79(7-2)45-14-12-13-37(5)29-45/h10-35,72-73H,6-9,36H2,1-5H3. The molecular weight excluding hydrogens is 1120 g/mol. The van der Waals surface area contributed by atoms with Gasteiger partial charge in [0.15, 0.2) is 17.3 Å². The number of ketones is 1. The molecule has 0 aliphatic heterocycles. The van der Waals surface area contributed by atoms with Crippen molar-refractivity contribution in [1.29, 1.82) is 0 Å². The molecule has 12 aromatic rings. The van der Waals surface area contributed by atoms with Crippen LogP contribution in [0.2, 0.25) is 15.1 Å². The van der Waals surface area contributed by atoms with Gasteiger partial charge in [0, 0.05) is 83.2 Å². The summed E-state index contributed by atoms with van der Waals surface area (Å²) < 4.78 is 13.0. The first kappa shape index (κ1) is 54.2. The maximum absolute atomic E-state index is 14.9. The number of carbonyl (C=O) groups excluding carboxylic acids is 2. The largest absolute Gasteiger partial charge is 0.491 e. The summed E-state index contributed by atoms with van der Waals surface area (Å²) in [5.41, 5.74) is 11.2. The molecule has 10 aromatic carbocycles. The van der Waals surface area contributed by atoms with Gasteiger partial charge in [0.2, 0.25) is 0 Å². The molecule has 84 heavy (non-hydrogen) atoms. The van der Waals surface area contributed by atoms with Crippen LogP contribution in [-0.2, 0) is 11.4 Å². The smallest absolute Gasteiger partial charge is 0.262 e. The zero-order valence-corrected chi connectivity index (χ0v) is 48.7. The molecule has 2 heterocycles. The van der Waals surface area contributed by atoms with Crippen LogP contribution in [-0.4, -0.2) is 48.0 Å². The zero-order chi connectivity index (χ0) is 57.9. The number of nitrogens with zero attached hydrogens (tertiary/aromatic N) is 6. The van der Waals surface area contributed by atoms with E-state index in [-0.39, 0.29) is 36.2 Å². The van der Waals surface area contributed by atoms with Crippen molar-refractivity contribution in [3.05, 3.63) is 201 Å². The van der Waals surface area contributed by atoms with Crippen molar-refractivity contribution in [3.8, 4) is 22.6 Å². The maximum atomic E-state index is 14.9. The van der Waals surface area contributed by atoms with Gasteiger partial charge in [0.25, 0.3) is 5.91 Å². The molecule has 0 atom stereocenters. The predicted octanol–water partition coefficient (Wildman–Crippen LogP) is 20.0. The lowest BCUT2D eigenvalue weighted by atomic mass is 9.99. The Balaban J connectivity index is 0.883. The molecule has 13 rings (SSSR count). The monoisotopic (exact) mass is 1170 g/mol. The summed E-state index contributed by atoms with van der Waals surface area (Å²) in [5.74, 6) is 0.247. The minimum absolute atomic E-state index is 0.186. The van der Waals surface area contributed by atoms with E-state index in [1.54, 1.807) is 23.1 Å². The van der Waals surface area contributed by atoms with E-state index in [9.17, 15) is 9.59 Å². The number of hydrogen-bond donors (Lipinski definition) is 2. The first-order valence-electron chi connectivity index (χ1n) is 27.8. The fraction of sp³-hybridized carbons (Fsp3) is 0.147. The lowest BCUT2D eigenvalue weighted by molar-refractivity contribution is 0.0953. The number of aromatic amines is 2. The predicted molar refractivity (Wildman–Crippen MR) is 340 cm³/mol. The molecule has 416 valence electrons. The molecule has 1 aliphatic rings. The van der Waals surface area contributed by atoms with E-state index < -0.39 is 0 Å². The van der Waals surface area contributed by atoms with Gasteiger partial charge in [-0.1, -0.05) is 95.5 Å². The fourth-order valence-corrected chi connectivity index (χ4v) is 12.2. The van der Waals surface area contributed by atoms with Crippen molar-refractivity contribution >= 4 is 146 Å². The fourth-order valence-electron chi connectivity index (χ4n) is 11.6. The summed E-state index contributed by atoms with van der Waals surface area (Å²) in [4.78, 5) is 44.9. The second-order valence-electron chi connectivity index (χ2n) is 20.5. The first-order valence-corrected chi connectivity index (χ1v) is 28.9. The number of amides is 1. The van der Waals surface area contributed by atoms with Gasteiger partial charge in [-0.05, 0) is 159 Å². The molecule has 1 amide bonds. The van der Waals surface area contributed by atoms with Crippen LogP contribution in [0.3, 0.4) is 0 Å². The van der Waals surface area contributed by atoms with Crippen molar-refractivity contribution < 1.29 is 23.9 Å². The van der Waals surface area contributed by atoms with Crippen molar-refractivity contribution in [2.45, 2.75) is 41.2 Å². The molecule has 0 bridgehead atoms. The number of aromatic nitrogens is 2. The maximum Gasteiger partial charge on any atom is 0.262 e. The van der Waals surface area contributed by atoms with Crippen molar-refractivity contribution in [3.63, 3.8) is 0 Å². The first-order chi connectivity index (χ1) is 40.9. The molecule has 13 nitrogen and oxygen atoms in total. The van der Waals surface area contributed by atoms with Crippen LogP contribution in [0.15, 0.2) is 178 Å². The Morgan fingerprint density at radius 1 is 0.548 bits per heavy atom. The average Bonchev–Trinajstić information content (AvgIpc) is 3.75. The van der Waals surface area contributed by atoms with Gasteiger partial charge in [-0.15, -0.1) is 10.2 Å². The van der Waals surface area contributed by atoms with E-state index in [0.717, 1.165) is 87.7 Å². The summed E-state index contributed by atoms with van der Waals surface area (Å²) in [5, 5.41) is 30.1. The number of halogens is 3. The van der Waals surface area contributed by atoms with E-state index in [1.807, 2.05) is 142 Å². The molecule has 0 fully saturated rings. The van der Waals surface area contributed by atoms with Gasteiger partial charge in [-0.25, -0.2) is 0 Å². The number of anilines is 2. The number of rotatable bonds is 16. The number of para-hydroxylation sites is 1. The third-order valence-electron chi connectivity index (χ3n) is 15.4. The Kier molecular flexibility index (Phi) is 14.3. The SMILES string of the molecule is CCOc1c(CON(CC)c2cccc(C)c2)cc2ccc3c4cc(Cl)ccc4[nH]c3c2c1N=Nc1ccc2c(c1)C(=O)c1cc(N=Nc3c(OCC)c(C(=O)N(CC)c4ccccc4Cl)cc4ccc5c6cc(Cl)ccc6[nH]c5c34)ccc1-2. The van der Waals surface area contributed by atoms with E-state index in [0.29, 0.717) is 85.5 Å². The van der Waals surface area contributed by atoms with Gasteiger partial charge >= 0.3 is 0 Å². The number of ether oxygens (including phenoxy) is 2. The normalized spacial score (nSPS) is 12.3. The highest BCUT2D eigenvalue weighted by molar-refractivity contribution is 6.35. The van der Waals surface area contributed by atoms with Crippen molar-refractivity contribution in [2.24, 2.45) is 20.5 Å². The Hall–Kier alpha value is -9.11. The van der Waals surface area contributed by atoms with Crippen LogP contribution in [0.25, 0.3) is 76.3 Å². The second-order valence-corrected chi connectivity index (χ2v) is 21.8. The van der Waals surface area contributed by atoms with Gasteiger partial charge in [-0.3, -0.25) is 19.5 Å². The molecule has 16 heteroatoms. The van der Waals surface area contributed by atoms with Gasteiger partial charge < -0.3 is 24.3 Å².